The summed E-state index contributed by atoms with van der Waals surface area (Å²) >= 11 is 0. The van der Waals surface area contributed by atoms with Gasteiger partial charge in [0.2, 0.25) is 0 Å². The van der Waals surface area contributed by atoms with Crippen molar-refractivity contribution in [2.45, 2.75) is 40.0 Å². The first-order chi connectivity index (χ1) is 11.2. The first-order valence-electron chi connectivity index (χ1n) is 8.53. The van der Waals surface area contributed by atoms with Crippen molar-refractivity contribution < 1.29 is 4.74 Å². The van der Waals surface area contributed by atoms with Gasteiger partial charge in [-0.15, -0.1) is 0 Å². The summed E-state index contributed by atoms with van der Waals surface area (Å²) in [5.74, 6) is 1.66. The lowest BCUT2D eigenvalue weighted by atomic mass is 10.0. The summed E-state index contributed by atoms with van der Waals surface area (Å²) in [7, 11) is 0. The second-order valence-corrected chi connectivity index (χ2v) is 6.27. The second-order valence-electron chi connectivity index (χ2n) is 6.27. The fourth-order valence-corrected chi connectivity index (χ4v) is 2.22. The van der Waals surface area contributed by atoms with Crippen LogP contribution in [0, 0.1) is 5.92 Å². The zero-order valence-electron chi connectivity index (χ0n) is 14.5. The van der Waals surface area contributed by atoms with Gasteiger partial charge in [0.05, 0.1) is 12.3 Å². The van der Waals surface area contributed by atoms with E-state index in [4.69, 9.17) is 4.74 Å². The lowest BCUT2D eigenvalue weighted by Gasteiger charge is -2.05. The Morgan fingerprint density at radius 1 is 1.00 bits per heavy atom. The van der Waals surface area contributed by atoms with Gasteiger partial charge in [-0.3, -0.25) is 4.99 Å². The minimum atomic E-state index is 0.747. The molecular weight excluding hydrogens is 282 g/mol. The summed E-state index contributed by atoms with van der Waals surface area (Å²) in [6.07, 6.45) is 5.29. The van der Waals surface area contributed by atoms with Crippen molar-refractivity contribution in [1.82, 2.24) is 0 Å². The third-order valence-electron chi connectivity index (χ3n) is 3.66. The van der Waals surface area contributed by atoms with Crippen LogP contribution in [0.5, 0.6) is 5.75 Å². The molecule has 0 saturated heterocycles. The van der Waals surface area contributed by atoms with Crippen LogP contribution in [0.15, 0.2) is 53.5 Å². The molecule has 0 radical (unpaired) electrons. The van der Waals surface area contributed by atoms with Crippen molar-refractivity contribution in [2.75, 3.05) is 6.61 Å². The van der Waals surface area contributed by atoms with Gasteiger partial charge >= 0.3 is 0 Å². The standard InChI is InChI=1S/C21H27NO/c1-4-15-23-21-13-9-19(10-14-21)16-22-20-11-7-18(8-12-20)6-5-17(2)3/h7-14,16-17H,4-6,15H2,1-3H3. The smallest absolute Gasteiger partial charge is 0.119 e. The first kappa shape index (κ1) is 17.3. The Balaban J connectivity index is 1.91. The molecule has 0 bridgehead atoms. The largest absolute Gasteiger partial charge is 0.494 e. The molecule has 2 rings (SSSR count). The number of aliphatic imine (C=N–C) groups is 1. The van der Waals surface area contributed by atoms with Gasteiger partial charge in [0.1, 0.15) is 5.75 Å². The zero-order chi connectivity index (χ0) is 16.5. The van der Waals surface area contributed by atoms with Gasteiger partial charge in [-0.2, -0.15) is 0 Å². The highest BCUT2D eigenvalue weighted by molar-refractivity contribution is 5.82. The van der Waals surface area contributed by atoms with Crippen molar-refractivity contribution in [3.63, 3.8) is 0 Å². The molecule has 0 heterocycles. The molecule has 0 fully saturated rings. The summed E-state index contributed by atoms with van der Waals surface area (Å²) in [6, 6.07) is 16.6. The number of ether oxygens (including phenoxy) is 1. The quantitative estimate of drug-likeness (QED) is 0.563. The minimum Gasteiger partial charge on any atom is -0.494 e. The maximum absolute atomic E-state index is 5.58. The maximum Gasteiger partial charge on any atom is 0.119 e. The monoisotopic (exact) mass is 309 g/mol. The molecule has 0 aliphatic carbocycles. The van der Waals surface area contributed by atoms with Crippen molar-refractivity contribution in [1.29, 1.82) is 0 Å². The number of hydrogen-bond acceptors (Lipinski definition) is 2. The van der Waals surface area contributed by atoms with Crippen molar-refractivity contribution in [3.05, 3.63) is 59.7 Å². The molecule has 0 aliphatic rings. The molecule has 0 N–H and O–H groups in total. The average molecular weight is 309 g/mol. The third-order valence-corrected chi connectivity index (χ3v) is 3.66. The fourth-order valence-electron chi connectivity index (χ4n) is 2.22. The Bertz CT molecular complexity index is 597. The SMILES string of the molecule is CCCOc1ccc(C=Nc2ccc(CCC(C)C)cc2)cc1. The van der Waals surface area contributed by atoms with Crippen LogP contribution in [-0.4, -0.2) is 12.8 Å². The molecule has 0 aliphatic heterocycles. The average Bonchev–Trinajstić information content (AvgIpc) is 2.58. The van der Waals surface area contributed by atoms with E-state index in [0.717, 1.165) is 42.4 Å². The van der Waals surface area contributed by atoms with E-state index in [0.29, 0.717) is 0 Å². The van der Waals surface area contributed by atoms with Crippen LogP contribution in [0.4, 0.5) is 5.69 Å². The summed E-state index contributed by atoms with van der Waals surface area (Å²) in [6.45, 7) is 7.39. The van der Waals surface area contributed by atoms with Crippen LogP contribution in [0.2, 0.25) is 0 Å². The molecule has 2 heteroatoms. The number of hydrogen-bond donors (Lipinski definition) is 0. The summed E-state index contributed by atoms with van der Waals surface area (Å²) in [4.78, 5) is 4.54. The molecule has 2 aromatic carbocycles. The predicted molar refractivity (Wildman–Crippen MR) is 99.1 cm³/mol. The Kier molecular flexibility index (Phi) is 6.86. The van der Waals surface area contributed by atoms with Gasteiger partial charge in [0, 0.05) is 6.21 Å². The molecule has 2 aromatic rings. The van der Waals surface area contributed by atoms with Crippen molar-refractivity contribution >= 4 is 11.9 Å². The second kappa shape index (κ2) is 9.14. The lowest BCUT2D eigenvalue weighted by molar-refractivity contribution is 0.317. The van der Waals surface area contributed by atoms with E-state index in [1.807, 2.05) is 30.5 Å². The number of nitrogens with zero attached hydrogens (tertiary/aromatic N) is 1. The third kappa shape index (κ3) is 6.27. The Morgan fingerprint density at radius 3 is 2.30 bits per heavy atom. The van der Waals surface area contributed by atoms with Gasteiger partial charge in [0.25, 0.3) is 0 Å². The van der Waals surface area contributed by atoms with Crippen LogP contribution >= 0.6 is 0 Å². The molecule has 0 saturated carbocycles. The molecule has 122 valence electrons. The number of aryl methyl sites for hydroxylation is 1. The van der Waals surface area contributed by atoms with Gasteiger partial charge in [-0.25, -0.2) is 0 Å². The summed E-state index contributed by atoms with van der Waals surface area (Å²) in [5.41, 5.74) is 3.46. The minimum absolute atomic E-state index is 0.747. The highest BCUT2D eigenvalue weighted by Gasteiger charge is 1.97. The van der Waals surface area contributed by atoms with Crippen LogP contribution in [-0.2, 0) is 6.42 Å². The van der Waals surface area contributed by atoms with E-state index in [1.54, 1.807) is 0 Å². The van der Waals surface area contributed by atoms with Crippen LogP contribution < -0.4 is 4.74 Å². The lowest BCUT2D eigenvalue weighted by Crippen LogP contribution is -1.94. The molecule has 0 spiro atoms. The highest BCUT2D eigenvalue weighted by Crippen LogP contribution is 2.16. The van der Waals surface area contributed by atoms with Crippen molar-refractivity contribution in [2.24, 2.45) is 10.9 Å². The van der Waals surface area contributed by atoms with Crippen molar-refractivity contribution in [3.8, 4) is 5.75 Å². The van der Waals surface area contributed by atoms with E-state index < -0.39 is 0 Å². The molecule has 23 heavy (non-hydrogen) atoms. The van der Waals surface area contributed by atoms with Crippen LogP contribution in [0.1, 0.15) is 44.7 Å². The normalized spacial score (nSPS) is 11.3. The summed E-state index contributed by atoms with van der Waals surface area (Å²) < 4.78 is 5.58. The number of rotatable bonds is 8. The fraction of sp³-hybridized carbons (Fsp3) is 0.381. The molecular formula is C21H27NO. The van der Waals surface area contributed by atoms with Crippen LogP contribution in [0.3, 0.4) is 0 Å². The van der Waals surface area contributed by atoms with Gasteiger partial charge < -0.3 is 4.74 Å². The maximum atomic E-state index is 5.58. The predicted octanol–water partition coefficient (Wildman–Crippen LogP) is 5.81. The molecule has 0 amide bonds. The molecule has 0 atom stereocenters. The first-order valence-corrected chi connectivity index (χ1v) is 8.53. The summed E-state index contributed by atoms with van der Waals surface area (Å²) in [5, 5.41) is 0. The van der Waals surface area contributed by atoms with Gasteiger partial charge in [-0.05, 0) is 72.7 Å². The van der Waals surface area contributed by atoms with Gasteiger partial charge in [-0.1, -0.05) is 32.9 Å². The van der Waals surface area contributed by atoms with E-state index in [2.05, 4.69) is 50.0 Å². The Morgan fingerprint density at radius 2 is 1.70 bits per heavy atom. The topological polar surface area (TPSA) is 21.6 Å². The van der Waals surface area contributed by atoms with Gasteiger partial charge in [0.15, 0.2) is 0 Å². The number of benzene rings is 2. The molecule has 0 aromatic heterocycles. The van der Waals surface area contributed by atoms with E-state index in [-0.39, 0.29) is 0 Å². The van der Waals surface area contributed by atoms with E-state index >= 15 is 0 Å². The Labute approximate surface area is 140 Å². The van der Waals surface area contributed by atoms with E-state index in [1.165, 1.54) is 12.0 Å². The van der Waals surface area contributed by atoms with E-state index in [9.17, 15) is 0 Å². The zero-order valence-corrected chi connectivity index (χ0v) is 14.5. The highest BCUT2D eigenvalue weighted by atomic mass is 16.5. The molecule has 0 unspecified atom stereocenters. The van der Waals surface area contributed by atoms with Crippen LogP contribution in [0.25, 0.3) is 0 Å². The Hall–Kier alpha value is -2.09. The molecule has 2 nitrogen and oxygen atoms in total.